The fraction of sp³-hybridized carbons (Fsp3) is 0.167. The number of nitrogens with zero attached hydrogens (tertiary/aromatic N) is 2. The number of likely N-dealkylation sites (N-methyl/N-ethyl adjacent to an activating group) is 1. The van der Waals surface area contributed by atoms with Crippen molar-refractivity contribution in [1.82, 2.24) is 4.98 Å². The quantitative estimate of drug-likeness (QED) is 0.741. The first-order chi connectivity index (χ1) is 7.65. The van der Waals surface area contributed by atoms with Crippen molar-refractivity contribution in [2.75, 3.05) is 11.9 Å². The smallest absolute Gasteiger partial charge is 0.231 e. The van der Waals surface area contributed by atoms with Crippen LogP contribution in [0.3, 0.4) is 0 Å². The minimum Gasteiger partial charge on any atom is -0.315 e. The van der Waals surface area contributed by atoms with Crippen molar-refractivity contribution >= 4 is 38.4 Å². The molecule has 3 nitrogen and oxygen atoms in total. The molecule has 0 atom stereocenters. The first-order valence-electron chi connectivity index (χ1n) is 5.00. The number of amides is 1. The van der Waals surface area contributed by atoms with E-state index < -0.39 is 0 Å². The zero-order valence-electron chi connectivity index (χ0n) is 8.70. The Morgan fingerprint density at radius 2 is 2.19 bits per heavy atom. The van der Waals surface area contributed by atoms with Gasteiger partial charge in [0, 0.05) is 28.8 Å². The summed E-state index contributed by atoms with van der Waals surface area (Å²) in [5.41, 5.74) is 3.00. The number of halogens is 1. The Morgan fingerprint density at radius 3 is 3.00 bits per heavy atom. The second-order valence-corrected chi connectivity index (χ2v) is 4.87. The fourth-order valence-corrected chi connectivity index (χ4v) is 2.40. The van der Waals surface area contributed by atoms with Gasteiger partial charge in [-0.1, -0.05) is 0 Å². The number of fused-ring (bicyclic) bond motifs is 2. The Balaban J connectivity index is 2.30. The summed E-state index contributed by atoms with van der Waals surface area (Å²) in [6.07, 6.45) is 2.26. The maximum Gasteiger partial charge on any atom is 0.231 e. The van der Waals surface area contributed by atoms with Gasteiger partial charge in [0.15, 0.2) is 0 Å². The SMILES string of the molecule is CN1C(=O)Cc2cc3ncc(Br)cc3cc21. The van der Waals surface area contributed by atoms with Crippen molar-refractivity contribution in [1.29, 1.82) is 0 Å². The molecule has 0 fully saturated rings. The van der Waals surface area contributed by atoms with Crippen LogP contribution in [0.25, 0.3) is 10.9 Å². The molecule has 1 amide bonds. The van der Waals surface area contributed by atoms with Gasteiger partial charge in [-0.2, -0.15) is 0 Å². The molecule has 1 aromatic carbocycles. The molecular formula is C12H9BrN2O. The first kappa shape index (κ1) is 9.78. The van der Waals surface area contributed by atoms with E-state index >= 15 is 0 Å². The molecule has 0 saturated carbocycles. The zero-order chi connectivity index (χ0) is 11.3. The Bertz CT molecular complexity index is 609. The van der Waals surface area contributed by atoms with Crippen LogP contribution in [0.15, 0.2) is 28.9 Å². The summed E-state index contributed by atoms with van der Waals surface area (Å²) < 4.78 is 0.951. The minimum absolute atomic E-state index is 0.143. The van der Waals surface area contributed by atoms with Gasteiger partial charge in [0.1, 0.15) is 0 Å². The molecule has 1 aromatic heterocycles. The molecule has 0 N–H and O–H groups in total. The van der Waals surface area contributed by atoms with E-state index in [0.29, 0.717) is 6.42 Å². The number of anilines is 1. The van der Waals surface area contributed by atoms with Gasteiger partial charge in [-0.3, -0.25) is 9.78 Å². The van der Waals surface area contributed by atoms with Gasteiger partial charge < -0.3 is 4.90 Å². The fourth-order valence-electron chi connectivity index (χ4n) is 2.05. The van der Waals surface area contributed by atoms with Gasteiger partial charge in [0.2, 0.25) is 5.91 Å². The molecule has 0 unspecified atom stereocenters. The highest BCUT2D eigenvalue weighted by Gasteiger charge is 2.24. The van der Waals surface area contributed by atoms with Crippen LogP contribution in [-0.4, -0.2) is 17.9 Å². The molecule has 0 bridgehead atoms. The van der Waals surface area contributed by atoms with Crippen LogP contribution in [0.4, 0.5) is 5.69 Å². The molecule has 1 aliphatic heterocycles. The van der Waals surface area contributed by atoms with Crippen molar-refractivity contribution < 1.29 is 4.79 Å². The Kier molecular flexibility index (Phi) is 2.01. The summed E-state index contributed by atoms with van der Waals surface area (Å²) in [5, 5.41) is 1.05. The second kappa shape index (κ2) is 3.28. The summed E-state index contributed by atoms with van der Waals surface area (Å²) in [6.45, 7) is 0. The molecule has 0 aliphatic carbocycles. The van der Waals surface area contributed by atoms with E-state index in [1.165, 1.54) is 0 Å². The van der Waals surface area contributed by atoms with Crippen molar-refractivity contribution in [3.8, 4) is 0 Å². The number of carbonyl (C=O) groups is 1. The lowest BCUT2D eigenvalue weighted by molar-refractivity contribution is -0.117. The van der Waals surface area contributed by atoms with E-state index in [1.807, 2.05) is 25.2 Å². The number of hydrogen-bond acceptors (Lipinski definition) is 2. The monoisotopic (exact) mass is 276 g/mol. The number of pyridine rings is 1. The van der Waals surface area contributed by atoms with Crippen molar-refractivity contribution in [2.24, 2.45) is 0 Å². The lowest BCUT2D eigenvalue weighted by atomic mass is 10.1. The summed E-state index contributed by atoms with van der Waals surface area (Å²) in [4.78, 5) is 17.6. The minimum atomic E-state index is 0.143. The average molecular weight is 277 g/mol. The molecule has 1 aliphatic rings. The van der Waals surface area contributed by atoms with Crippen LogP contribution in [0.2, 0.25) is 0 Å². The molecule has 2 heterocycles. The van der Waals surface area contributed by atoms with Gasteiger partial charge in [0.05, 0.1) is 11.9 Å². The highest BCUT2D eigenvalue weighted by Crippen LogP contribution is 2.32. The number of aromatic nitrogens is 1. The van der Waals surface area contributed by atoms with Crippen LogP contribution < -0.4 is 4.90 Å². The maximum atomic E-state index is 11.6. The first-order valence-corrected chi connectivity index (χ1v) is 5.79. The normalized spacial score (nSPS) is 14.6. The van der Waals surface area contributed by atoms with Crippen molar-refractivity contribution in [3.63, 3.8) is 0 Å². The molecule has 80 valence electrons. The molecule has 0 saturated heterocycles. The maximum absolute atomic E-state index is 11.6. The Hall–Kier alpha value is -1.42. The Labute approximate surface area is 101 Å². The van der Waals surface area contributed by atoms with Crippen LogP contribution in [-0.2, 0) is 11.2 Å². The predicted octanol–water partition coefficient (Wildman–Crippen LogP) is 2.52. The largest absolute Gasteiger partial charge is 0.315 e. The number of rotatable bonds is 0. The summed E-state index contributed by atoms with van der Waals surface area (Å²) in [6, 6.07) is 6.03. The lowest BCUT2D eigenvalue weighted by Crippen LogP contribution is -2.20. The van der Waals surface area contributed by atoms with Crippen molar-refractivity contribution in [2.45, 2.75) is 6.42 Å². The van der Waals surface area contributed by atoms with E-state index in [1.54, 1.807) is 11.1 Å². The molecule has 4 heteroatoms. The van der Waals surface area contributed by atoms with E-state index in [4.69, 9.17) is 0 Å². The highest BCUT2D eigenvalue weighted by atomic mass is 79.9. The third-order valence-corrected chi connectivity index (χ3v) is 3.36. The standard InChI is InChI=1S/C12H9BrN2O/c1-15-11-4-7-2-9(13)6-14-10(7)3-8(11)5-12(15)16/h2-4,6H,5H2,1H3. The second-order valence-electron chi connectivity index (χ2n) is 3.96. The predicted molar refractivity (Wildman–Crippen MR) is 66.6 cm³/mol. The molecule has 16 heavy (non-hydrogen) atoms. The zero-order valence-corrected chi connectivity index (χ0v) is 10.3. The summed E-state index contributed by atoms with van der Waals surface area (Å²) >= 11 is 3.40. The van der Waals surface area contributed by atoms with E-state index in [0.717, 1.165) is 26.6 Å². The van der Waals surface area contributed by atoms with Crippen LogP contribution in [0.1, 0.15) is 5.56 Å². The molecular weight excluding hydrogens is 268 g/mol. The van der Waals surface area contributed by atoms with E-state index in [9.17, 15) is 4.79 Å². The van der Waals surface area contributed by atoms with Crippen molar-refractivity contribution in [3.05, 3.63) is 34.4 Å². The lowest BCUT2D eigenvalue weighted by Gasteiger charge is -2.10. The molecule has 3 rings (SSSR count). The van der Waals surface area contributed by atoms with Gasteiger partial charge in [-0.05, 0) is 39.7 Å². The van der Waals surface area contributed by atoms with Crippen LogP contribution in [0, 0.1) is 0 Å². The molecule has 0 spiro atoms. The van der Waals surface area contributed by atoms with Crippen LogP contribution >= 0.6 is 15.9 Å². The summed E-state index contributed by atoms with van der Waals surface area (Å²) in [5.74, 6) is 0.143. The third kappa shape index (κ3) is 1.33. The highest BCUT2D eigenvalue weighted by molar-refractivity contribution is 9.10. The van der Waals surface area contributed by atoms with Gasteiger partial charge in [-0.25, -0.2) is 0 Å². The molecule has 2 aromatic rings. The summed E-state index contributed by atoms with van der Waals surface area (Å²) in [7, 11) is 1.81. The topological polar surface area (TPSA) is 33.2 Å². The van der Waals surface area contributed by atoms with E-state index in [-0.39, 0.29) is 5.91 Å². The average Bonchev–Trinajstić information content (AvgIpc) is 2.52. The van der Waals surface area contributed by atoms with Gasteiger partial charge in [0.25, 0.3) is 0 Å². The third-order valence-electron chi connectivity index (χ3n) is 2.93. The number of hydrogen-bond donors (Lipinski definition) is 0. The van der Waals surface area contributed by atoms with E-state index in [2.05, 4.69) is 20.9 Å². The Morgan fingerprint density at radius 1 is 1.38 bits per heavy atom. The number of benzene rings is 1. The molecule has 0 radical (unpaired) electrons. The van der Waals surface area contributed by atoms with Crippen LogP contribution in [0.5, 0.6) is 0 Å². The van der Waals surface area contributed by atoms with Gasteiger partial charge >= 0.3 is 0 Å². The van der Waals surface area contributed by atoms with Gasteiger partial charge in [-0.15, -0.1) is 0 Å². The number of carbonyl (C=O) groups excluding carboxylic acids is 1.